The van der Waals surface area contributed by atoms with Gasteiger partial charge in [0.25, 0.3) is 5.56 Å². The monoisotopic (exact) mass is 226 g/mol. The molecule has 0 aliphatic rings. The molecule has 0 saturated carbocycles. The molecule has 88 valence electrons. The fraction of sp³-hybridized carbons (Fsp3) is 0.500. The van der Waals surface area contributed by atoms with Crippen molar-refractivity contribution in [3.63, 3.8) is 0 Å². The van der Waals surface area contributed by atoms with Gasteiger partial charge in [-0.15, -0.1) is 0 Å². The molecule has 0 aromatic carbocycles. The average molecular weight is 226 g/mol. The number of nitrogens with one attached hydrogen (secondary N) is 1. The fourth-order valence-corrected chi connectivity index (χ4v) is 1.29. The Bertz CT molecular complexity index is 451. The van der Waals surface area contributed by atoms with Crippen molar-refractivity contribution in [2.75, 3.05) is 7.11 Å². The largest absolute Gasteiger partial charge is 0.479 e. The van der Waals surface area contributed by atoms with Crippen LogP contribution in [0.25, 0.3) is 0 Å². The summed E-state index contributed by atoms with van der Waals surface area (Å²) >= 11 is 0. The quantitative estimate of drug-likeness (QED) is 0.787. The van der Waals surface area contributed by atoms with Crippen LogP contribution >= 0.6 is 0 Å². The van der Waals surface area contributed by atoms with Gasteiger partial charge in [-0.1, -0.05) is 13.8 Å². The van der Waals surface area contributed by atoms with E-state index in [4.69, 9.17) is 9.84 Å². The van der Waals surface area contributed by atoms with Crippen molar-refractivity contribution in [2.24, 2.45) is 5.92 Å². The third-order valence-electron chi connectivity index (χ3n) is 1.96. The summed E-state index contributed by atoms with van der Waals surface area (Å²) in [7, 11) is 1.31. The summed E-state index contributed by atoms with van der Waals surface area (Å²) in [6.45, 7) is 3.89. The molecule has 0 atom stereocenters. The molecule has 1 rings (SSSR count). The van der Waals surface area contributed by atoms with E-state index in [1.54, 1.807) is 0 Å². The number of rotatable bonds is 4. The maximum absolute atomic E-state index is 11.5. The molecule has 0 saturated heterocycles. The zero-order valence-electron chi connectivity index (χ0n) is 9.40. The highest BCUT2D eigenvalue weighted by Gasteiger charge is 2.17. The zero-order chi connectivity index (χ0) is 12.3. The lowest BCUT2D eigenvalue weighted by molar-refractivity contribution is 0.0685. The van der Waals surface area contributed by atoms with Crippen molar-refractivity contribution < 1.29 is 14.6 Å². The summed E-state index contributed by atoms with van der Waals surface area (Å²) in [4.78, 5) is 28.5. The Balaban J connectivity index is 3.26. The molecule has 16 heavy (non-hydrogen) atoms. The molecule has 6 heteroatoms. The lowest BCUT2D eigenvalue weighted by Gasteiger charge is -2.07. The number of nitrogens with zero attached hydrogens (tertiary/aromatic N) is 1. The second kappa shape index (κ2) is 4.78. The predicted molar refractivity (Wildman–Crippen MR) is 56.9 cm³/mol. The van der Waals surface area contributed by atoms with Gasteiger partial charge in [0.1, 0.15) is 5.69 Å². The lowest BCUT2D eigenvalue weighted by atomic mass is 10.1. The second-order valence-electron chi connectivity index (χ2n) is 3.80. The highest BCUT2D eigenvalue weighted by molar-refractivity contribution is 5.87. The molecule has 0 unspecified atom stereocenters. The molecule has 1 heterocycles. The Morgan fingerprint density at radius 3 is 2.62 bits per heavy atom. The zero-order valence-corrected chi connectivity index (χ0v) is 9.40. The molecule has 1 aromatic rings. The molecule has 1 aromatic heterocycles. The highest BCUT2D eigenvalue weighted by atomic mass is 16.5. The Morgan fingerprint density at radius 1 is 1.56 bits per heavy atom. The minimum atomic E-state index is -1.27. The first-order chi connectivity index (χ1) is 7.45. The first kappa shape index (κ1) is 12.2. The molecular formula is C10H14N2O4. The van der Waals surface area contributed by atoms with Gasteiger partial charge in [0, 0.05) is 0 Å². The van der Waals surface area contributed by atoms with Gasteiger partial charge in [0.15, 0.2) is 5.69 Å². The number of aromatic amines is 1. The van der Waals surface area contributed by atoms with E-state index in [-0.39, 0.29) is 23.2 Å². The number of carbonyl (C=O) groups is 1. The van der Waals surface area contributed by atoms with Crippen molar-refractivity contribution in [1.29, 1.82) is 0 Å². The third-order valence-corrected chi connectivity index (χ3v) is 1.96. The minimum Gasteiger partial charge on any atom is -0.479 e. The van der Waals surface area contributed by atoms with Crippen LogP contribution in [0.3, 0.4) is 0 Å². The van der Waals surface area contributed by atoms with Gasteiger partial charge in [0.2, 0.25) is 5.88 Å². The number of methoxy groups -OCH3 is 1. The van der Waals surface area contributed by atoms with Crippen LogP contribution in [0.1, 0.15) is 30.0 Å². The van der Waals surface area contributed by atoms with Crippen molar-refractivity contribution in [2.45, 2.75) is 20.3 Å². The summed E-state index contributed by atoms with van der Waals surface area (Å²) in [5.41, 5.74) is -0.510. The van der Waals surface area contributed by atoms with Gasteiger partial charge in [-0.3, -0.25) is 4.79 Å². The number of hydrogen-bond donors (Lipinski definition) is 2. The van der Waals surface area contributed by atoms with Crippen molar-refractivity contribution in [3.8, 4) is 5.88 Å². The van der Waals surface area contributed by atoms with Crippen LogP contribution < -0.4 is 10.3 Å². The molecule has 0 radical (unpaired) electrons. The average Bonchev–Trinajstić information content (AvgIpc) is 2.19. The summed E-state index contributed by atoms with van der Waals surface area (Å²) in [6, 6.07) is 0. The van der Waals surface area contributed by atoms with Crippen LogP contribution in [0.4, 0.5) is 0 Å². The van der Waals surface area contributed by atoms with E-state index < -0.39 is 11.5 Å². The SMILES string of the molecule is COc1nc(CC(C)C)c(=O)[nH]c1C(=O)O. The molecule has 0 fully saturated rings. The summed E-state index contributed by atoms with van der Waals surface area (Å²) in [6.07, 6.45) is 0.478. The van der Waals surface area contributed by atoms with E-state index in [2.05, 4.69) is 9.97 Å². The van der Waals surface area contributed by atoms with E-state index in [1.165, 1.54) is 7.11 Å². The maximum atomic E-state index is 11.5. The summed E-state index contributed by atoms with van der Waals surface area (Å²) in [5.74, 6) is -1.07. The van der Waals surface area contributed by atoms with Gasteiger partial charge >= 0.3 is 5.97 Å². The number of H-pyrrole nitrogens is 1. The molecule has 0 bridgehead atoms. The topological polar surface area (TPSA) is 92.3 Å². The molecule has 0 aliphatic carbocycles. The molecular weight excluding hydrogens is 212 g/mol. The number of ether oxygens (including phenoxy) is 1. The van der Waals surface area contributed by atoms with E-state index in [0.717, 1.165) is 0 Å². The first-order valence-electron chi connectivity index (χ1n) is 4.86. The highest BCUT2D eigenvalue weighted by Crippen LogP contribution is 2.12. The first-order valence-corrected chi connectivity index (χ1v) is 4.86. The molecule has 0 spiro atoms. The lowest BCUT2D eigenvalue weighted by Crippen LogP contribution is -2.22. The van der Waals surface area contributed by atoms with Crippen LogP contribution in [0.15, 0.2) is 4.79 Å². The van der Waals surface area contributed by atoms with E-state index in [0.29, 0.717) is 6.42 Å². The number of carboxylic acid groups (broad SMARTS) is 1. The van der Waals surface area contributed by atoms with Crippen LogP contribution in [-0.4, -0.2) is 28.2 Å². The van der Waals surface area contributed by atoms with Gasteiger partial charge in [0.05, 0.1) is 7.11 Å². The maximum Gasteiger partial charge on any atom is 0.358 e. The van der Waals surface area contributed by atoms with Crippen LogP contribution in [0.5, 0.6) is 5.88 Å². The van der Waals surface area contributed by atoms with Gasteiger partial charge < -0.3 is 14.8 Å². The second-order valence-corrected chi connectivity index (χ2v) is 3.80. The Kier molecular flexibility index (Phi) is 3.65. The normalized spacial score (nSPS) is 10.5. The van der Waals surface area contributed by atoms with E-state index in [1.807, 2.05) is 13.8 Å². The Hall–Kier alpha value is -1.85. The standard InChI is InChI=1S/C10H14N2O4/c1-5(2)4-6-8(13)12-7(10(14)15)9(11-6)16-3/h5H,4H2,1-3H3,(H,12,13)(H,14,15). The summed E-state index contributed by atoms with van der Waals surface area (Å²) in [5, 5.41) is 8.80. The third kappa shape index (κ3) is 2.59. The van der Waals surface area contributed by atoms with Crippen molar-refractivity contribution in [1.82, 2.24) is 9.97 Å². The number of aromatic nitrogens is 2. The predicted octanol–water partition coefficient (Wildman–Crippen LogP) is 0.675. The molecule has 6 nitrogen and oxygen atoms in total. The molecule has 0 amide bonds. The smallest absolute Gasteiger partial charge is 0.358 e. The van der Waals surface area contributed by atoms with Crippen molar-refractivity contribution in [3.05, 3.63) is 21.7 Å². The van der Waals surface area contributed by atoms with Crippen molar-refractivity contribution >= 4 is 5.97 Å². The van der Waals surface area contributed by atoms with Crippen LogP contribution in [-0.2, 0) is 6.42 Å². The minimum absolute atomic E-state index is 0.0669. The molecule has 2 N–H and O–H groups in total. The van der Waals surface area contributed by atoms with Gasteiger partial charge in [-0.2, -0.15) is 0 Å². The van der Waals surface area contributed by atoms with E-state index in [9.17, 15) is 9.59 Å². The van der Waals surface area contributed by atoms with E-state index >= 15 is 0 Å². The molecule has 0 aliphatic heterocycles. The fourth-order valence-electron chi connectivity index (χ4n) is 1.29. The Labute approximate surface area is 92.3 Å². The van der Waals surface area contributed by atoms with Crippen LogP contribution in [0, 0.1) is 5.92 Å². The van der Waals surface area contributed by atoms with Gasteiger partial charge in [-0.05, 0) is 12.3 Å². The summed E-state index contributed by atoms with van der Waals surface area (Å²) < 4.78 is 4.82. The number of carboxylic acids is 1. The van der Waals surface area contributed by atoms with Gasteiger partial charge in [-0.25, -0.2) is 9.78 Å². The van der Waals surface area contributed by atoms with Crippen LogP contribution in [0.2, 0.25) is 0 Å². The number of hydrogen-bond acceptors (Lipinski definition) is 4. The number of aromatic carboxylic acids is 1. The Morgan fingerprint density at radius 2 is 2.19 bits per heavy atom.